The number of amides is 3. The van der Waals surface area contributed by atoms with Gasteiger partial charge < -0.3 is 16.8 Å². The Morgan fingerprint density at radius 2 is 1.63 bits per heavy atom. The topological polar surface area (TPSA) is 115 Å². The summed E-state index contributed by atoms with van der Waals surface area (Å²) in [6.07, 6.45) is 6.26. The molecule has 0 aromatic carbocycles. The highest BCUT2D eigenvalue weighted by atomic mass is 16.2. The van der Waals surface area contributed by atoms with Crippen LogP contribution in [0.1, 0.15) is 45.4 Å². The highest BCUT2D eigenvalue weighted by Gasteiger charge is 2.26. The van der Waals surface area contributed by atoms with Crippen molar-refractivity contribution < 1.29 is 14.4 Å². The van der Waals surface area contributed by atoms with Gasteiger partial charge in [-0.3, -0.25) is 14.4 Å². The maximum Gasteiger partial charge on any atom is 0.249 e. The van der Waals surface area contributed by atoms with Crippen molar-refractivity contribution in [2.24, 2.45) is 23.3 Å². The minimum atomic E-state index is -1.41. The van der Waals surface area contributed by atoms with E-state index in [4.69, 9.17) is 11.5 Å². The van der Waals surface area contributed by atoms with Gasteiger partial charge in [0, 0.05) is 6.42 Å². The van der Waals surface area contributed by atoms with Gasteiger partial charge in [0.2, 0.25) is 17.7 Å². The second kappa shape index (κ2) is 7.11. The summed E-state index contributed by atoms with van der Waals surface area (Å²) in [5.41, 5.74) is 10.0. The molecule has 0 heterocycles. The lowest BCUT2D eigenvalue weighted by Gasteiger charge is -2.27. The number of hydrogen-bond donors (Lipinski definition) is 3. The van der Waals surface area contributed by atoms with Crippen LogP contribution in [0.15, 0.2) is 0 Å². The van der Waals surface area contributed by atoms with Crippen molar-refractivity contribution in [2.75, 3.05) is 0 Å². The van der Waals surface area contributed by atoms with E-state index < -0.39 is 17.9 Å². The summed E-state index contributed by atoms with van der Waals surface area (Å²) < 4.78 is 0. The van der Waals surface area contributed by atoms with Crippen LogP contribution in [-0.2, 0) is 14.4 Å². The largest absolute Gasteiger partial charge is 0.367 e. The molecule has 1 rings (SSSR count). The molecule has 6 nitrogen and oxygen atoms in total. The highest BCUT2D eigenvalue weighted by molar-refractivity contribution is 6.05. The van der Waals surface area contributed by atoms with Gasteiger partial charge in [-0.15, -0.1) is 0 Å². The molecule has 108 valence electrons. The van der Waals surface area contributed by atoms with Gasteiger partial charge in [0.25, 0.3) is 0 Å². The fourth-order valence-corrected chi connectivity index (χ4v) is 2.66. The molecule has 1 unspecified atom stereocenters. The SMILES string of the molecule is CC(CC(=O)NC(C(N)=O)C(N)=O)C1CCCCC1. The van der Waals surface area contributed by atoms with Crippen molar-refractivity contribution in [3.63, 3.8) is 0 Å². The first-order valence-corrected chi connectivity index (χ1v) is 6.79. The first-order valence-electron chi connectivity index (χ1n) is 6.79. The van der Waals surface area contributed by atoms with Gasteiger partial charge in [-0.2, -0.15) is 0 Å². The average molecular weight is 269 g/mol. The molecule has 1 fully saturated rings. The highest BCUT2D eigenvalue weighted by Crippen LogP contribution is 2.31. The van der Waals surface area contributed by atoms with Crippen LogP contribution in [0.25, 0.3) is 0 Å². The van der Waals surface area contributed by atoms with Crippen LogP contribution in [0.4, 0.5) is 0 Å². The average Bonchev–Trinajstić information content (AvgIpc) is 2.36. The third-order valence-corrected chi connectivity index (χ3v) is 3.84. The Kier molecular flexibility index (Phi) is 5.79. The lowest BCUT2D eigenvalue weighted by atomic mass is 9.79. The number of nitrogens with one attached hydrogen (secondary N) is 1. The van der Waals surface area contributed by atoms with Gasteiger partial charge in [0.15, 0.2) is 6.04 Å². The molecule has 0 radical (unpaired) electrons. The van der Waals surface area contributed by atoms with Crippen LogP contribution in [0.3, 0.4) is 0 Å². The van der Waals surface area contributed by atoms with Gasteiger partial charge in [-0.05, 0) is 11.8 Å². The predicted molar refractivity (Wildman–Crippen MR) is 70.7 cm³/mol. The van der Waals surface area contributed by atoms with Crippen LogP contribution in [0.5, 0.6) is 0 Å². The van der Waals surface area contributed by atoms with E-state index in [-0.39, 0.29) is 11.8 Å². The number of carbonyl (C=O) groups excluding carboxylic acids is 3. The molecule has 0 saturated heterocycles. The summed E-state index contributed by atoms with van der Waals surface area (Å²) in [4.78, 5) is 33.7. The Morgan fingerprint density at radius 3 is 2.11 bits per heavy atom. The Hall–Kier alpha value is -1.59. The van der Waals surface area contributed by atoms with E-state index in [2.05, 4.69) is 5.32 Å². The van der Waals surface area contributed by atoms with Crippen molar-refractivity contribution in [3.8, 4) is 0 Å². The number of nitrogens with two attached hydrogens (primary N) is 2. The molecule has 3 amide bonds. The fourth-order valence-electron chi connectivity index (χ4n) is 2.66. The number of rotatable bonds is 6. The molecule has 0 bridgehead atoms. The number of primary amides is 2. The number of carbonyl (C=O) groups is 3. The summed E-state index contributed by atoms with van der Waals surface area (Å²) in [6.45, 7) is 2.03. The molecular weight excluding hydrogens is 246 g/mol. The summed E-state index contributed by atoms with van der Waals surface area (Å²) >= 11 is 0. The van der Waals surface area contributed by atoms with Crippen LogP contribution in [0, 0.1) is 11.8 Å². The molecule has 1 atom stereocenters. The normalized spacial score (nSPS) is 18.0. The third-order valence-electron chi connectivity index (χ3n) is 3.84. The molecule has 1 aliphatic carbocycles. The van der Waals surface area contributed by atoms with Gasteiger partial charge >= 0.3 is 0 Å². The molecule has 5 N–H and O–H groups in total. The van der Waals surface area contributed by atoms with E-state index in [1.807, 2.05) is 6.92 Å². The molecule has 1 saturated carbocycles. The summed E-state index contributed by atoms with van der Waals surface area (Å²) in [5.74, 6) is -1.42. The Morgan fingerprint density at radius 1 is 1.11 bits per heavy atom. The quantitative estimate of drug-likeness (QED) is 0.591. The standard InChI is InChI=1S/C13H23N3O3/c1-8(9-5-3-2-4-6-9)7-10(17)16-11(12(14)18)13(15)19/h8-9,11H,2-7H2,1H3,(H2,14,18)(H2,15,19)(H,16,17). The Bertz CT molecular complexity index is 337. The van der Waals surface area contributed by atoms with E-state index >= 15 is 0 Å². The molecule has 19 heavy (non-hydrogen) atoms. The zero-order valence-electron chi connectivity index (χ0n) is 11.4. The second-order valence-electron chi connectivity index (χ2n) is 5.38. The molecule has 0 aromatic heterocycles. The molecule has 6 heteroatoms. The summed E-state index contributed by atoms with van der Waals surface area (Å²) in [7, 11) is 0. The zero-order valence-corrected chi connectivity index (χ0v) is 11.4. The maximum absolute atomic E-state index is 11.8. The van der Waals surface area contributed by atoms with Gasteiger partial charge in [0.05, 0.1) is 0 Å². The van der Waals surface area contributed by atoms with Crippen molar-refractivity contribution >= 4 is 17.7 Å². The molecule has 1 aliphatic rings. The second-order valence-corrected chi connectivity index (χ2v) is 5.38. The van der Waals surface area contributed by atoms with E-state index in [0.29, 0.717) is 12.3 Å². The lowest BCUT2D eigenvalue weighted by Crippen LogP contribution is -2.52. The van der Waals surface area contributed by atoms with E-state index in [1.165, 1.54) is 19.3 Å². The van der Waals surface area contributed by atoms with E-state index in [0.717, 1.165) is 12.8 Å². The Balaban J connectivity index is 2.45. The third kappa shape index (κ3) is 4.89. The van der Waals surface area contributed by atoms with Crippen LogP contribution < -0.4 is 16.8 Å². The van der Waals surface area contributed by atoms with Crippen LogP contribution in [-0.4, -0.2) is 23.8 Å². The Labute approximate surface area is 113 Å². The van der Waals surface area contributed by atoms with Crippen LogP contribution >= 0.6 is 0 Å². The fraction of sp³-hybridized carbons (Fsp3) is 0.769. The summed E-state index contributed by atoms with van der Waals surface area (Å²) in [5, 5.41) is 2.30. The molecule has 0 aromatic rings. The van der Waals surface area contributed by atoms with Gasteiger partial charge in [-0.1, -0.05) is 39.0 Å². The van der Waals surface area contributed by atoms with Crippen LogP contribution in [0.2, 0.25) is 0 Å². The van der Waals surface area contributed by atoms with Crippen molar-refractivity contribution in [3.05, 3.63) is 0 Å². The van der Waals surface area contributed by atoms with E-state index in [9.17, 15) is 14.4 Å². The minimum absolute atomic E-state index is 0.238. The molecule has 0 aliphatic heterocycles. The molecule has 0 spiro atoms. The van der Waals surface area contributed by atoms with Gasteiger partial charge in [-0.25, -0.2) is 0 Å². The van der Waals surface area contributed by atoms with Crippen molar-refractivity contribution in [1.82, 2.24) is 5.32 Å². The zero-order chi connectivity index (χ0) is 14.4. The lowest BCUT2D eigenvalue weighted by molar-refractivity contribution is -0.134. The first-order chi connectivity index (χ1) is 8.91. The van der Waals surface area contributed by atoms with Gasteiger partial charge in [0.1, 0.15) is 0 Å². The molecular formula is C13H23N3O3. The maximum atomic E-state index is 11.8. The summed E-state index contributed by atoms with van der Waals surface area (Å²) in [6, 6.07) is -1.41. The smallest absolute Gasteiger partial charge is 0.249 e. The monoisotopic (exact) mass is 269 g/mol. The van der Waals surface area contributed by atoms with Crippen molar-refractivity contribution in [1.29, 1.82) is 0 Å². The first kappa shape index (κ1) is 15.5. The van der Waals surface area contributed by atoms with E-state index in [1.54, 1.807) is 0 Å². The predicted octanol–water partition coefficient (Wildman–Crippen LogP) is 0.0483. The minimum Gasteiger partial charge on any atom is -0.367 e. The number of hydrogen-bond acceptors (Lipinski definition) is 3. The van der Waals surface area contributed by atoms with Crippen molar-refractivity contribution in [2.45, 2.75) is 51.5 Å².